The summed E-state index contributed by atoms with van der Waals surface area (Å²) in [6, 6.07) is 6.79. The molecule has 1 fully saturated rings. The van der Waals surface area contributed by atoms with E-state index in [1.807, 2.05) is 0 Å². The molecule has 0 aromatic heterocycles. The van der Waals surface area contributed by atoms with Crippen LogP contribution in [0.4, 0.5) is 4.39 Å². The molecule has 2 rings (SSSR count). The van der Waals surface area contributed by atoms with Gasteiger partial charge in [-0.2, -0.15) is 0 Å². The normalized spacial score (nSPS) is 23.5. The summed E-state index contributed by atoms with van der Waals surface area (Å²) in [4.78, 5) is 4.71. The third-order valence-corrected chi connectivity index (χ3v) is 4.00. The second-order valence-corrected chi connectivity index (χ2v) is 5.49. The van der Waals surface area contributed by atoms with Crippen molar-refractivity contribution in [2.24, 2.45) is 0 Å². The lowest BCUT2D eigenvalue weighted by Crippen LogP contribution is -2.50. The van der Waals surface area contributed by atoms with Crippen molar-refractivity contribution in [3.63, 3.8) is 0 Å². The number of benzene rings is 1. The van der Waals surface area contributed by atoms with E-state index >= 15 is 0 Å². The lowest BCUT2D eigenvalue weighted by Gasteiger charge is -2.38. The first-order valence-corrected chi connectivity index (χ1v) is 6.92. The highest BCUT2D eigenvalue weighted by Gasteiger charge is 2.21. The summed E-state index contributed by atoms with van der Waals surface area (Å²) in [5.41, 5.74) is 0.669. The Hall–Kier alpha value is -0.970. The van der Waals surface area contributed by atoms with E-state index in [1.54, 1.807) is 12.1 Å². The zero-order valence-corrected chi connectivity index (χ0v) is 11.7. The van der Waals surface area contributed by atoms with Crippen LogP contribution in [0.25, 0.3) is 0 Å². The van der Waals surface area contributed by atoms with E-state index in [0.29, 0.717) is 18.0 Å². The number of hydrogen-bond acceptors (Lipinski definition) is 3. The zero-order valence-electron chi connectivity index (χ0n) is 11.7. The molecule has 1 aliphatic heterocycles. The van der Waals surface area contributed by atoms with E-state index in [-0.39, 0.29) is 5.82 Å². The quantitative estimate of drug-likeness (QED) is 0.901. The Morgan fingerprint density at radius 3 is 2.89 bits per heavy atom. The Labute approximate surface area is 114 Å². The van der Waals surface area contributed by atoms with Crippen LogP contribution in [0.2, 0.25) is 0 Å². The maximum absolute atomic E-state index is 13.1. The van der Waals surface area contributed by atoms with Crippen LogP contribution in [-0.2, 0) is 0 Å². The molecule has 0 bridgehead atoms. The van der Waals surface area contributed by atoms with E-state index < -0.39 is 6.10 Å². The molecule has 106 valence electrons. The molecule has 0 radical (unpaired) electrons. The van der Waals surface area contributed by atoms with Crippen LogP contribution < -0.4 is 0 Å². The first-order chi connectivity index (χ1) is 9.06. The largest absolute Gasteiger partial charge is 0.388 e. The molecule has 19 heavy (non-hydrogen) atoms. The average Bonchev–Trinajstić information content (AvgIpc) is 2.40. The fraction of sp³-hybridized carbons (Fsp3) is 0.600. The van der Waals surface area contributed by atoms with Gasteiger partial charge in [0, 0.05) is 32.2 Å². The van der Waals surface area contributed by atoms with Gasteiger partial charge in [0.15, 0.2) is 0 Å². The lowest BCUT2D eigenvalue weighted by molar-refractivity contribution is 0.0838. The highest BCUT2D eigenvalue weighted by Crippen LogP contribution is 2.18. The van der Waals surface area contributed by atoms with Crippen molar-refractivity contribution in [3.05, 3.63) is 35.6 Å². The molecule has 0 amide bonds. The van der Waals surface area contributed by atoms with Gasteiger partial charge in [-0.25, -0.2) is 4.39 Å². The number of aliphatic hydroxyl groups excluding tert-OH is 1. The standard InChI is InChI=1S/C15H23FN2O/c1-12-11-18(9-8-17(12)2)7-6-15(19)13-4-3-5-14(16)10-13/h3-5,10,12,15,19H,6-9,11H2,1-2H3. The van der Waals surface area contributed by atoms with Crippen LogP contribution in [0.3, 0.4) is 0 Å². The molecule has 1 aliphatic rings. The third-order valence-electron chi connectivity index (χ3n) is 4.00. The highest BCUT2D eigenvalue weighted by molar-refractivity contribution is 5.18. The monoisotopic (exact) mass is 266 g/mol. The van der Waals surface area contributed by atoms with E-state index in [9.17, 15) is 9.50 Å². The van der Waals surface area contributed by atoms with Crippen LogP contribution in [0.1, 0.15) is 25.0 Å². The summed E-state index contributed by atoms with van der Waals surface area (Å²) in [5, 5.41) is 10.1. The minimum atomic E-state index is -0.578. The summed E-state index contributed by atoms with van der Waals surface area (Å²) in [6.07, 6.45) is 0.0746. The number of likely N-dealkylation sites (N-methyl/N-ethyl adjacent to an activating group) is 1. The van der Waals surface area contributed by atoms with Gasteiger partial charge >= 0.3 is 0 Å². The van der Waals surface area contributed by atoms with Gasteiger partial charge in [-0.3, -0.25) is 0 Å². The van der Waals surface area contributed by atoms with Crippen molar-refractivity contribution in [2.45, 2.75) is 25.5 Å². The van der Waals surface area contributed by atoms with Crippen molar-refractivity contribution in [2.75, 3.05) is 33.2 Å². The third kappa shape index (κ3) is 4.00. The van der Waals surface area contributed by atoms with Crippen molar-refractivity contribution in [3.8, 4) is 0 Å². The van der Waals surface area contributed by atoms with Gasteiger partial charge in [0.25, 0.3) is 0 Å². The number of piperazine rings is 1. The molecule has 0 spiro atoms. The van der Waals surface area contributed by atoms with Gasteiger partial charge < -0.3 is 14.9 Å². The summed E-state index contributed by atoms with van der Waals surface area (Å²) < 4.78 is 13.1. The maximum Gasteiger partial charge on any atom is 0.123 e. The summed E-state index contributed by atoms with van der Waals surface area (Å²) in [5.74, 6) is -0.287. The Morgan fingerprint density at radius 1 is 1.42 bits per heavy atom. The first kappa shape index (κ1) is 14.4. The zero-order chi connectivity index (χ0) is 13.8. The van der Waals surface area contributed by atoms with E-state index in [2.05, 4.69) is 23.8 Å². The number of hydrogen-bond donors (Lipinski definition) is 1. The summed E-state index contributed by atoms with van der Waals surface area (Å²) in [7, 11) is 2.14. The molecule has 1 aromatic carbocycles. The van der Waals surface area contributed by atoms with Crippen LogP contribution in [0, 0.1) is 5.82 Å². The number of rotatable bonds is 4. The van der Waals surface area contributed by atoms with Crippen molar-refractivity contribution in [1.29, 1.82) is 0 Å². The maximum atomic E-state index is 13.1. The molecule has 0 aliphatic carbocycles. The highest BCUT2D eigenvalue weighted by atomic mass is 19.1. The molecular formula is C15H23FN2O. The Bertz CT molecular complexity index is 413. The van der Waals surface area contributed by atoms with Gasteiger partial charge in [-0.1, -0.05) is 12.1 Å². The van der Waals surface area contributed by atoms with E-state index in [1.165, 1.54) is 12.1 Å². The van der Waals surface area contributed by atoms with Gasteiger partial charge in [-0.15, -0.1) is 0 Å². The minimum Gasteiger partial charge on any atom is -0.388 e. The van der Waals surface area contributed by atoms with Gasteiger partial charge in [0.2, 0.25) is 0 Å². The Balaban J connectivity index is 1.82. The molecule has 1 aromatic rings. The van der Waals surface area contributed by atoms with E-state index in [0.717, 1.165) is 26.2 Å². The summed E-state index contributed by atoms with van der Waals surface area (Å²) in [6.45, 7) is 6.21. The van der Waals surface area contributed by atoms with Crippen molar-refractivity contribution >= 4 is 0 Å². The fourth-order valence-corrected chi connectivity index (χ4v) is 2.51. The van der Waals surface area contributed by atoms with Gasteiger partial charge in [-0.05, 0) is 38.1 Å². The lowest BCUT2D eigenvalue weighted by atomic mass is 10.1. The molecule has 0 saturated carbocycles. The smallest absolute Gasteiger partial charge is 0.123 e. The molecule has 1 saturated heterocycles. The Morgan fingerprint density at radius 2 is 2.21 bits per heavy atom. The predicted molar refractivity (Wildman–Crippen MR) is 74.5 cm³/mol. The second kappa shape index (κ2) is 6.46. The van der Waals surface area contributed by atoms with Crippen LogP contribution in [0.5, 0.6) is 0 Å². The van der Waals surface area contributed by atoms with Crippen LogP contribution in [0.15, 0.2) is 24.3 Å². The van der Waals surface area contributed by atoms with Gasteiger partial charge in [0.1, 0.15) is 5.82 Å². The number of halogens is 1. The fourth-order valence-electron chi connectivity index (χ4n) is 2.51. The molecule has 1 heterocycles. The van der Waals surface area contributed by atoms with Crippen LogP contribution in [-0.4, -0.2) is 54.2 Å². The summed E-state index contributed by atoms with van der Waals surface area (Å²) >= 11 is 0. The van der Waals surface area contributed by atoms with Crippen LogP contribution >= 0.6 is 0 Å². The van der Waals surface area contributed by atoms with E-state index in [4.69, 9.17) is 0 Å². The molecule has 3 nitrogen and oxygen atoms in total. The molecule has 2 unspecified atom stereocenters. The topological polar surface area (TPSA) is 26.7 Å². The second-order valence-electron chi connectivity index (χ2n) is 5.49. The number of aliphatic hydroxyl groups is 1. The molecule has 4 heteroatoms. The van der Waals surface area contributed by atoms with Crippen molar-refractivity contribution < 1.29 is 9.50 Å². The molecule has 2 atom stereocenters. The van der Waals surface area contributed by atoms with Gasteiger partial charge in [0.05, 0.1) is 6.10 Å². The number of nitrogens with zero attached hydrogens (tertiary/aromatic N) is 2. The Kier molecular flexibility index (Phi) is 4.91. The van der Waals surface area contributed by atoms with Crippen molar-refractivity contribution in [1.82, 2.24) is 9.80 Å². The average molecular weight is 266 g/mol. The predicted octanol–water partition coefficient (Wildman–Crippen LogP) is 1.89. The molecular weight excluding hydrogens is 243 g/mol. The molecule has 1 N–H and O–H groups in total. The first-order valence-electron chi connectivity index (χ1n) is 6.92. The minimum absolute atomic E-state index is 0.287. The SMILES string of the molecule is CC1CN(CCC(O)c2cccc(F)c2)CCN1C.